The number of nitrogens with one attached hydrogen (secondary N) is 2. The molecule has 2 rings (SSSR count). The molecule has 2 amide bonds. The van der Waals surface area contributed by atoms with Crippen molar-refractivity contribution >= 4 is 29.7 Å². The van der Waals surface area contributed by atoms with Crippen molar-refractivity contribution in [2.45, 2.75) is 73.4 Å². The average Bonchev–Trinajstić information content (AvgIpc) is 2.81. The first kappa shape index (κ1) is 41.1. The number of esters is 2. The Morgan fingerprint density at radius 3 is 1.48 bits per heavy atom. The van der Waals surface area contributed by atoms with E-state index in [9.17, 15) is 29.1 Å². The van der Waals surface area contributed by atoms with Crippen molar-refractivity contribution in [3.05, 3.63) is 57.6 Å². The molecule has 0 aliphatic carbocycles. The van der Waals surface area contributed by atoms with E-state index in [-0.39, 0.29) is 66.1 Å². The Bertz CT molecular complexity index is 1240. The number of phenolic OH excluding ortho intramolecular Hbond substituents is 1. The quantitative estimate of drug-likeness (QED) is 0.219. The van der Waals surface area contributed by atoms with Crippen LogP contribution in [-0.4, -0.2) is 59.1 Å². The average molecular weight is 926 g/mol. The van der Waals surface area contributed by atoms with Crippen molar-refractivity contribution in [3.63, 3.8) is 0 Å². The van der Waals surface area contributed by atoms with Crippen molar-refractivity contribution in [1.82, 2.24) is 10.6 Å². The molecule has 0 bridgehead atoms. The predicted octanol–water partition coefficient (Wildman–Crippen LogP) is 2.58. The number of carboxylic acids is 1. The van der Waals surface area contributed by atoms with Crippen LogP contribution in [0, 0.1) is 27.7 Å². The van der Waals surface area contributed by atoms with Gasteiger partial charge in [0.15, 0.2) is 0 Å². The van der Waals surface area contributed by atoms with Crippen molar-refractivity contribution in [2.24, 2.45) is 0 Å². The Hall–Kier alpha value is -3.03. The molecule has 0 fully saturated rings. The molecule has 2 aromatic rings. The number of benzene rings is 2. The minimum Gasteiger partial charge on any atom is -0.508 e. The number of methoxy groups -OCH3 is 1. The summed E-state index contributed by atoms with van der Waals surface area (Å²) in [5.74, 6) is -2.04. The van der Waals surface area contributed by atoms with E-state index in [0.29, 0.717) is 12.2 Å². The first-order valence-electron chi connectivity index (χ1n) is 12.5. The molecule has 42 heavy (non-hydrogen) atoms. The molecular formula is C29H38N2O9W2. The molecule has 0 aromatic heterocycles. The largest absolute Gasteiger partial charge is 0.508 e. The molecule has 13 heteroatoms. The van der Waals surface area contributed by atoms with Gasteiger partial charge in [0.2, 0.25) is 11.8 Å². The second-order valence-corrected chi connectivity index (χ2v) is 9.46. The molecule has 0 heterocycles. The van der Waals surface area contributed by atoms with Crippen LogP contribution in [0.15, 0.2) is 24.3 Å². The van der Waals surface area contributed by atoms with E-state index in [0.717, 1.165) is 33.4 Å². The standard InChI is InChI=1S/C16H21NO5.C13H17NO4.2W/c1-9-6-13(22-12(4)19)7-10(2)14(9)8-15(16(20)21-5)17-11(3)18;1-7-4-10(16)5-8(2)11(7)6-12(13(17)18)14-9(3)15;;/h6-7,15H,8H2,1-5H3,(H,17,18);4-5,12,16H,6H2,1-3H3,(H,14,15)(H,17,18);;/t15-;12-;;/m00../s1. The third kappa shape index (κ3) is 13.8. The Morgan fingerprint density at radius 1 is 0.738 bits per heavy atom. The number of amides is 2. The summed E-state index contributed by atoms with van der Waals surface area (Å²) >= 11 is 0. The summed E-state index contributed by atoms with van der Waals surface area (Å²) < 4.78 is 9.79. The minimum absolute atomic E-state index is 0. The third-order valence-corrected chi connectivity index (χ3v) is 5.97. The van der Waals surface area contributed by atoms with Crippen LogP contribution in [0.1, 0.15) is 54.2 Å². The normalized spacial score (nSPS) is 11.1. The van der Waals surface area contributed by atoms with Crippen LogP contribution in [0.3, 0.4) is 0 Å². The van der Waals surface area contributed by atoms with Gasteiger partial charge in [0.05, 0.1) is 7.11 Å². The summed E-state index contributed by atoms with van der Waals surface area (Å²) in [5, 5.41) is 23.5. The van der Waals surface area contributed by atoms with Gasteiger partial charge in [-0.1, -0.05) is 0 Å². The van der Waals surface area contributed by atoms with Crippen LogP contribution in [-0.2, 0) is 83.7 Å². The van der Waals surface area contributed by atoms with Gasteiger partial charge < -0.3 is 30.3 Å². The van der Waals surface area contributed by atoms with Gasteiger partial charge in [-0.05, 0) is 85.3 Å². The van der Waals surface area contributed by atoms with Gasteiger partial charge in [-0.15, -0.1) is 0 Å². The van der Waals surface area contributed by atoms with E-state index >= 15 is 0 Å². The number of hydrogen-bond acceptors (Lipinski definition) is 8. The first-order chi connectivity index (χ1) is 18.5. The number of rotatable bonds is 9. The number of aromatic hydroxyl groups is 1. The zero-order chi connectivity index (χ0) is 30.7. The molecule has 11 nitrogen and oxygen atoms in total. The number of aliphatic carboxylic acids is 1. The van der Waals surface area contributed by atoms with E-state index in [1.807, 2.05) is 13.8 Å². The van der Waals surface area contributed by atoms with Crippen LogP contribution in [0.25, 0.3) is 0 Å². The molecule has 0 spiro atoms. The smallest absolute Gasteiger partial charge is 0.328 e. The SMILES string of the molecule is CC(=O)N[C@@H](Cc1c(C)cc(O)cc1C)C(=O)O.COC(=O)[C@H](Cc1c(C)cc(OC(C)=O)cc1C)NC(C)=O.[W].[W]. The fourth-order valence-corrected chi connectivity index (χ4v) is 4.23. The third-order valence-electron chi connectivity index (χ3n) is 5.97. The van der Waals surface area contributed by atoms with Crippen molar-refractivity contribution in [2.75, 3.05) is 7.11 Å². The molecule has 0 saturated heterocycles. The first-order valence-corrected chi connectivity index (χ1v) is 12.5. The van der Waals surface area contributed by atoms with Crippen molar-refractivity contribution < 1.29 is 85.8 Å². The van der Waals surface area contributed by atoms with Crippen LogP contribution in [0.4, 0.5) is 0 Å². The summed E-state index contributed by atoms with van der Waals surface area (Å²) in [7, 11) is 1.28. The summed E-state index contributed by atoms with van der Waals surface area (Å²) in [6.45, 7) is 11.3. The molecule has 2 aromatic carbocycles. The molecule has 4 N–H and O–H groups in total. The monoisotopic (exact) mass is 926 g/mol. The van der Waals surface area contributed by atoms with Gasteiger partial charge in [-0.3, -0.25) is 14.4 Å². The molecule has 0 unspecified atom stereocenters. The maximum absolute atomic E-state index is 11.8. The molecule has 0 aliphatic heterocycles. The number of carbonyl (C=O) groups is 5. The van der Waals surface area contributed by atoms with Crippen LogP contribution in [0.5, 0.6) is 11.5 Å². The maximum Gasteiger partial charge on any atom is 0.328 e. The Labute approximate surface area is 274 Å². The van der Waals surface area contributed by atoms with E-state index in [4.69, 9.17) is 14.6 Å². The van der Waals surface area contributed by atoms with Crippen LogP contribution in [0.2, 0.25) is 0 Å². The van der Waals surface area contributed by atoms with Gasteiger partial charge >= 0.3 is 17.9 Å². The summed E-state index contributed by atoms with van der Waals surface area (Å²) in [5.41, 5.74) is 5.09. The molecule has 0 radical (unpaired) electrons. The number of hydrogen-bond donors (Lipinski definition) is 4. The van der Waals surface area contributed by atoms with Crippen LogP contribution < -0.4 is 15.4 Å². The maximum atomic E-state index is 11.8. The zero-order valence-corrected chi connectivity index (χ0v) is 30.8. The number of carboxylic acid groups (broad SMARTS) is 1. The Kier molecular flexibility index (Phi) is 18.8. The number of ether oxygens (including phenoxy) is 2. The molecule has 2 atom stereocenters. The number of aryl methyl sites for hydroxylation is 4. The van der Waals surface area contributed by atoms with Gasteiger partial charge in [0.25, 0.3) is 0 Å². The molecule has 230 valence electrons. The molecule has 0 aliphatic rings. The van der Waals surface area contributed by atoms with Gasteiger partial charge in [0, 0.05) is 75.7 Å². The zero-order valence-electron chi connectivity index (χ0n) is 24.9. The fourth-order valence-electron chi connectivity index (χ4n) is 4.23. The second-order valence-electron chi connectivity index (χ2n) is 9.46. The summed E-state index contributed by atoms with van der Waals surface area (Å²) in [6.07, 6.45) is 0.511. The number of carbonyl (C=O) groups excluding carboxylic acids is 4. The summed E-state index contributed by atoms with van der Waals surface area (Å²) in [6, 6.07) is 4.91. The Balaban J connectivity index is 0. The van der Waals surface area contributed by atoms with E-state index < -0.39 is 30.0 Å². The Morgan fingerprint density at radius 2 is 1.12 bits per heavy atom. The van der Waals surface area contributed by atoms with Crippen molar-refractivity contribution in [1.29, 1.82) is 0 Å². The van der Waals surface area contributed by atoms with E-state index in [1.165, 1.54) is 27.9 Å². The summed E-state index contributed by atoms with van der Waals surface area (Å²) in [4.78, 5) is 56.1. The van der Waals surface area contributed by atoms with Crippen molar-refractivity contribution in [3.8, 4) is 11.5 Å². The number of phenols is 1. The van der Waals surface area contributed by atoms with Gasteiger partial charge in [0.1, 0.15) is 23.6 Å². The van der Waals surface area contributed by atoms with Gasteiger partial charge in [-0.2, -0.15) is 0 Å². The van der Waals surface area contributed by atoms with E-state index in [1.54, 1.807) is 38.1 Å². The fraction of sp³-hybridized carbons (Fsp3) is 0.414. The van der Waals surface area contributed by atoms with E-state index in [2.05, 4.69) is 10.6 Å². The molecular weight excluding hydrogens is 888 g/mol. The predicted molar refractivity (Wildman–Crippen MR) is 147 cm³/mol. The topological polar surface area (TPSA) is 168 Å². The molecule has 0 saturated carbocycles. The second kappa shape index (κ2) is 19.2. The van der Waals surface area contributed by atoms with Crippen LogP contribution >= 0.6 is 0 Å². The van der Waals surface area contributed by atoms with Gasteiger partial charge in [-0.25, -0.2) is 9.59 Å². The minimum atomic E-state index is -1.07.